The van der Waals surface area contributed by atoms with Crippen LogP contribution in [-0.4, -0.2) is 34.5 Å². The van der Waals surface area contributed by atoms with E-state index in [-0.39, 0.29) is 18.5 Å². The van der Waals surface area contributed by atoms with E-state index < -0.39 is 5.97 Å². The molecule has 1 N–H and O–H groups in total. The van der Waals surface area contributed by atoms with E-state index in [1.165, 1.54) is 16.2 Å². The molecular weight excluding hydrogens is 262 g/mol. The topological polar surface area (TPSA) is 57.6 Å². The molecule has 1 rings (SSSR count). The molecule has 4 nitrogen and oxygen atoms in total. The van der Waals surface area contributed by atoms with Crippen molar-refractivity contribution in [2.45, 2.75) is 26.3 Å². The van der Waals surface area contributed by atoms with Crippen LogP contribution in [0.15, 0.2) is 11.4 Å². The molecule has 0 aliphatic heterocycles. The Morgan fingerprint density at radius 3 is 2.65 bits per heavy atom. The minimum atomic E-state index is -1.01. The predicted molar refractivity (Wildman–Crippen MR) is 67.8 cm³/mol. The molecule has 1 amide bonds. The summed E-state index contributed by atoms with van der Waals surface area (Å²) >= 11 is 6.98. The molecule has 0 radical (unpaired) electrons. The highest BCUT2D eigenvalue weighted by Gasteiger charge is 2.23. The summed E-state index contributed by atoms with van der Waals surface area (Å²) in [4.78, 5) is 24.7. The van der Waals surface area contributed by atoms with Crippen LogP contribution in [0.5, 0.6) is 0 Å². The van der Waals surface area contributed by atoms with E-state index in [0.717, 1.165) is 0 Å². The van der Waals surface area contributed by atoms with Crippen LogP contribution >= 0.6 is 22.9 Å². The summed E-state index contributed by atoms with van der Waals surface area (Å²) in [5.74, 6) is -1.29. The molecule has 0 aliphatic carbocycles. The molecule has 1 heterocycles. The van der Waals surface area contributed by atoms with Gasteiger partial charge >= 0.3 is 5.97 Å². The van der Waals surface area contributed by atoms with Crippen molar-refractivity contribution in [3.05, 3.63) is 21.3 Å². The number of thiophene rings is 1. The van der Waals surface area contributed by atoms with Crippen LogP contribution in [-0.2, 0) is 4.79 Å². The monoisotopic (exact) mass is 275 g/mol. The van der Waals surface area contributed by atoms with Crippen molar-refractivity contribution >= 4 is 34.8 Å². The Morgan fingerprint density at radius 2 is 2.24 bits per heavy atom. The van der Waals surface area contributed by atoms with Gasteiger partial charge in [0.1, 0.15) is 6.54 Å². The van der Waals surface area contributed by atoms with Gasteiger partial charge in [-0.2, -0.15) is 0 Å². The molecule has 0 saturated heterocycles. The van der Waals surface area contributed by atoms with Gasteiger partial charge in [0, 0.05) is 11.4 Å². The standard InChI is InChI=1S/C11H14ClNO3S/c1-3-7(2)13(5-10(14)15)11(16)9-4-8(12)6-17-9/h4,6-7H,3,5H2,1-2H3,(H,14,15). The second-order valence-corrected chi connectivity index (χ2v) is 5.06. The molecule has 0 fully saturated rings. The van der Waals surface area contributed by atoms with Crippen LogP contribution in [0.1, 0.15) is 29.9 Å². The molecule has 6 heteroatoms. The Balaban J connectivity index is 2.89. The number of rotatable bonds is 5. The molecule has 17 heavy (non-hydrogen) atoms. The molecular formula is C11H14ClNO3S. The van der Waals surface area contributed by atoms with Crippen molar-refractivity contribution in [1.29, 1.82) is 0 Å². The minimum Gasteiger partial charge on any atom is -0.480 e. The fraction of sp³-hybridized carbons (Fsp3) is 0.455. The first-order valence-electron chi connectivity index (χ1n) is 5.22. The van der Waals surface area contributed by atoms with E-state index in [4.69, 9.17) is 16.7 Å². The van der Waals surface area contributed by atoms with Gasteiger partial charge in [-0.3, -0.25) is 9.59 Å². The Kier molecular flexibility index (Phi) is 4.96. The van der Waals surface area contributed by atoms with Crippen LogP contribution in [0, 0.1) is 0 Å². The van der Waals surface area contributed by atoms with E-state index in [1.807, 2.05) is 13.8 Å². The SMILES string of the molecule is CCC(C)N(CC(=O)O)C(=O)c1cc(Cl)cs1. The highest BCUT2D eigenvalue weighted by atomic mass is 35.5. The molecule has 0 aromatic carbocycles. The fourth-order valence-corrected chi connectivity index (χ4v) is 2.39. The zero-order valence-electron chi connectivity index (χ0n) is 9.64. The van der Waals surface area contributed by atoms with Gasteiger partial charge in [0.05, 0.1) is 9.90 Å². The lowest BCUT2D eigenvalue weighted by Gasteiger charge is -2.26. The van der Waals surface area contributed by atoms with Crippen LogP contribution in [0.2, 0.25) is 5.02 Å². The predicted octanol–water partition coefficient (Wildman–Crippen LogP) is 2.73. The van der Waals surface area contributed by atoms with E-state index in [9.17, 15) is 9.59 Å². The average molecular weight is 276 g/mol. The lowest BCUT2D eigenvalue weighted by Crippen LogP contribution is -2.41. The number of hydrogen-bond acceptors (Lipinski definition) is 3. The van der Waals surface area contributed by atoms with Crippen LogP contribution in [0.25, 0.3) is 0 Å². The van der Waals surface area contributed by atoms with Crippen molar-refractivity contribution in [2.24, 2.45) is 0 Å². The van der Waals surface area contributed by atoms with Gasteiger partial charge in [0.2, 0.25) is 0 Å². The summed E-state index contributed by atoms with van der Waals surface area (Å²) in [5, 5.41) is 11.0. The number of halogens is 1. The number of carbonyl (C=O) groups is 2. The first-order chi connectivity index (χ1) is 7.95. The molecule has 1 unspecified atom stereocenters. The van der Waals surface area contributed by atoms with E-state index in [1.54, 1.807) is 11.4 Å². The maximum atomic E-state index is 12.1. The number of hydrogen-bond donors (Lipinski definition) is 1. The van der Waals surface area contributed by atoms with Crippen molar-refractivity contribution in [2.75, 3.05) is 6.54 Å². The zero-order valence-corrected chi connectivity index (χ0v) is 11.2. The van der Waals surface area contributed by atoms with Crippen LogP contribution in [0.4, 0.5) is 0 Å². The zero-order chi connectivity index (χ0) is 13.0. The van der Waals surface area contributed by atoms with Gasteiger partial charge in [-0.05, 0) is 19.4 Å². The number of aliphatic carboxylic acids is 1. The molecule has 1 atom stereocenters. The third-order valence-electron chi connectivity index (χ3n) is 2.47. The summed E-state index contributed by atoms with van der Waals surface area (Å²) in [6.07, 6.45) is 0.706. The summed E-state index contributed by atoms with van der Waals surface area (Å²) in [7, 11) is 0. The van der Waals surface area contributed by atoms with Crippen LogP contribution < -0.4 is 0 Å². The average Bonchev–Trinajstić information content (AvgIpc) is 2.70. The quantitative estimate of drug-likeness (QED) is 0.899. The van der Waals surface area contributed by atoms with Crippen molar-refractivity contribution in [3.8, 4) is 0 Å². The second kappa shape index (κ2) is 6.02. The summed E-state index contributed by atoms with van der Waals surface area (Å²) in [5.41, 5.74) is 0. The first-order valence-corrected chi connectivity index (χ1v) is 6.48. The van der Waals surface area contributed by atoms with Gasteiger partial charge in [0.25, 0.3) is 5.91 Å². The van der Waals surface area contributed by atoms with Gasteiger partial charge in [-0.1, -0.05) is 18.5 Å². The van der Waals surface area contributed by atoms with Crippen molar-refractivity contribution in [1.82, 2.24) is 4.90 Å². The molecule has 1 aromatic rings. The second-order valence-electron chi connectivity index (χ2n) is 3.71. The lowest BCUT2D eigenvalue weighted by molar-refractivity contribution is -0.138. The highest BCUT2D eigenvalue weighted by Crippen LogP contribution is 2.21. The fourth-order valence-electron chi connectivity index (χ4n) is 1.36. The van der Waals surface area contributed by atoms with Gasteiger partial charge in [0.15, 0.2) is 0 Å². The Hall–Kier alpha value is -1.07. The highest BCUT2D eigenvalue weighted by molar-refractivity contribution is 7.12. The van der Waals surface area contributed by atoms with E-state index in [0.29, 0.717) is 16.3 Å². The molecule has 94 valence electrons. The number of carbonyl (C=O) groups excluding carboxylic acids is 1. The van der Waals surface area contributed by atoms with E-state index >= 15 is 0 Å². The molecule has 0 saturated carbocycles. The minimum absolute atomic E-state index is 0.112. The largest absolute Gasteiger partial charge is 0.480 e. The summed E-state index contributed by atoms with van der Waals surface area (Å²) < 4.78 is 0. The number of carboxylic acid groups (broad SMARTS) is 1. The van der Waals surface area contributed by atoms with Crippen LogP contribution in [0.3, 0.4) is 0 Å². The van der Waals surface area contributed by atoms with Gasteiger partial charge in [-0.15, -0.1) is 11.3 Å². The number of nitrogens with zero attached hydrogens (tertiary/aromatic N) is 1. The Bertz CT molecular complexity index is 419. The van der Waals surface area contributed by atoms with E-state index in [2.05, 4.69) is 0 Å². The summed E-state index contributed by atoms with van der Waals surface area (Å²) in [6.45, 7) is 3.45. The van der Waals surface area contributed by atoms with Crippen molar-refractivity contribution < 1.29 is 14.7 Å². The smallest absolute Gasteiger partial charge is 0.323 e. The molecule has 0 spiro atoms. The number of amides is 1. The maximum Gasteiger partial charge on any atom is 0.323 e. The first kappa shape index (κ1) is 14.0. The van der Waals surface area contributed by atoms with Gasteiger partial charge in [-0.25, -0.2) is 0 Å². The third-order valence-corrected chi connectivity index (χ3v) is 3.73. The third kappa shape index (κ3) is 3.71. The lowest BCUT2D eigenvalue weighted by atomic mass is 10.2. The molecule has 0 bridgehead atoms. The Labute approximate surface area is 109 Å². The maximum absolute atomic E-state index is 12.1. The Morgan fingerprint density at radius 1 is 1.59 bits per heavy atom. The normalized spacial score (nSPS) is 12.2. The summed E-state index contributed by atoms with van der Waals surface area (Å²) in [6, 6.07) is 1.45. The van der Waals surface area contributed by atoms with Crippen molar-refractivity contribution in [3.63, 3.8) is 0 Å². The molecule has 0 aliphatic rings. The van der Waals surface area contributed by atoms with Gasteiger partial charge < -0.3 is 10.0 Å². The molecule has 1 aromatic heterocycles. The number of carboxylic acids is 1.